The molecule has 1 aliphatic rings. The summed E-state index contributed by atoms with van der Waals surface area (Å²) in [5.74, 6) is 0. The molecule has 1 aromatic carbocycles. The minimum absolute atomic E-state index is 0. The van der Waals surface area contributed by atoms with Crippen molar-refractivity contribution in [2.45, 2.75) is 55.8 Å². The Morgan fingerprint density at radius 3 is 2.41 bits per heavy atom. The molecule has 1 aromatic rings. The van der Waals surface area contributed by atoms with Crippen LogP contribution in [0.1, 0.15) is 45.6 Å². The second-order valence-electron chi connectivity index (χ2n) is 4.44. The van der Waals surface area contributed by atoms with Crippen LogP contribution < -0.4 is 5.32 Å². The number of rotatable bonds is 3. The van der Waals surface area contributed by atoms with E-state index >= 15 is 0 Å². The van der Waals surface area contributed by atoms with Crippen molar-refractivity contribution in [3.8, 4) is 0 Å². The molecule has 3 heteroatoms. The molecule has 0 amide bonds. The summed E-state index contributed by atoms with van der Waals surface area (Å²) in [6.07, 6.45) is 3.51. The Balaban J connectivity index is 0.00000144. The number of halogens is 1. The summed E-state index contributed by atoms with van der Waals surface area (Å²) < 4.78 is 0. The van der Waals surface area contributed by atoms with Crippen LogP contribution in [0.4, 0.5) is 0 Å². The molecular formula is C14H22ClNS. The zero-order chi connectivity index (χ0) is 11.6. The molecule has 0 radical (unpaired) electrons. The van der Waals surface area contributed by atoms with Gasteiger partial charge in [-0.05, 0) is 30.9 Å². The molecule has 1 N–H and O–H groups in total. The molecule has 2 rings (SSSR count). The molecule has 96 valence electrons. The summed E-state index contributed by atoms with van der Waals surface area (Å²) in [5.41, 5.74) is 1.69. The van der Waals surface area contributed by atoms with Crippen LogP contribution in [0.15, 0.2) is 29.2 Å². The van der Waals surface area contributed by atoms with Crippen molar-refractivity contribution in [3.05, 3.63) is 29.8 Å². The van der Waals surface area contributed by atoms with Gasteiger partial charge in [-0.2, -0.15) is 0 Å². The second kappa shape index (κ2) is 6.12. The highest BCUT2D eigenvalue weighted by atomic mass is 35.5. The van der Waals surface area contributed by atoms with Crippen LogP contribution in [-0.2, 0) is 5.54 Å². The van der Waals surface area contributed by atoms with Gasteiger partial charge in [0.25, 0.3) is 0 Å². The van der Waals surface area contributed by atoms with Crippen LogP contribution in [0.5, 0.6) is 0 Å². The lowest BCUT2D eigenvalue weighted by molar-refractivity contribution is 0.287. The molecule has 0 spiro atoms. The van der Waals surface area contributed by atoms with Crippen molar-refractivity contribution in [1.82, 2.24) is 5.32 Å². The molecular weight excluding hydrogens is 250 g/mol. The van der Waals surface area contributed by atoms with Crippen molar-refractivity contribution in [3.63, 3.8) is 0 Å². The van der Waals surface area contributed by atoms with Gasteiger partial charge in [0.15, 0.2) is 0 Å². The standard InChI is InChI=1S/C14H21NS.ClH/c1-4-13-15-14(5-2,6-3)11-9-7-8-10-12(11)16-13;/h7-10,13,15H,4-6H2,1-3H3;1H. The Hall–Kier alpha value is -0.180. The normalized spacial score (nSPS) is 21.5. The third-order valence-electron chi connectivity index (χ3n) is 3.69. The quantitative estimate of drug-likeness (QED) is 0.865. The maximum Gasteiger partial charge on any atom is 0.0583 e. The highest BCUT2D eigenvalue weighted by Crippen LogP contribution is 2.43. The molecule has 0 saturated carbocycles. The van der Waals surface area contributed by atoms with Crippen molar-refractivity contribution in [2.24, 2.45) is 0 Å². The van der Waals surface area contributed by atoms with Crippen LogP contribution in [0.25, 0.3) is 0 Å². The van der Waals surface area contributed by atoms with Gasteiger partial charge >= 0.3 is 0 Å². The Bertz CT molecular complexity index is 363. The Morgan fingerprint density at radius 2 is 1.82 bits per heavy atom. The minimum Gasteiger partial charge on any atom is -0.295 e. The predicted molar refractivity (Wildman–Crippen MR) is 79.0 cm³/mol. The van der Waals surface area contributed by atoms with Gasteiger partial charge in [-0.25, -0.2) is 0 Å². The first-order valence-electron chi connectivity index (χ1n) is 6.29. The number of benzene rings is 1. The third-order valence-corrected chi connectivity index (χ3v) is 5.03. The minimum atomic E-state index is 0. The first-order valence-corrected chi connectivity index (χ1v) is 7.17. The maximum atomic E-state index is 3.84. The fourth-order valence-corrected chi connectivity index (χ4v) is 3.86. The Kier molecular flexibility index (Phi) is 5.36. The predicted octanol–water partition coefficient (Wildman–Crippen LogP) is 4.56. The summed E-state index contributed by atoms with van der Waals surface area (Å²) >= 11 is 1.98. The summed E-state index contributed by atoms with van der Waals surface area (Å²) in [6.45, 7) is 6.83. The lowest BCUT2D eigenvalue weighted by Gasteiger charge is -2.42. The molecule has 1 heterocycles. The number of hydrogen-bond donors (Lipinski definition) is 1. The molecule has 1 nitrogen and oxygen atoms in total. The summed E-state index contributed by atoms with van der Waals surface area (Å²) in [4.78, 5) is 1.47. The van der Waals surface area contributed by atoms with Gasteiger partial charge in [-0.1, -0.05) is 39.0 Å². The van der Waals surface area contributed by atoms with Gasteiger partial charge in [0.05, 0.1) is 5.37 Å². The van der Waals surface area contributed by atoms with E-state index in [0.717, 1.165) is 12.8 Å². The highest BCUT2D eigenvalue weighted by molar-refractivity contribution is 8.00. The molecule has 0 bridgehead atoms. The van der Waals surface area contributed by atoms with E-state index < -0.39 is 0 Å². The van der Waals surface area contributed by atoms with Crippen LogP contribution in [0.3, 0.4) is 0 Å². The van der Waals surface area contributed by atoms with E-state index in [1.807, 2.05) is 11.8 Å². The number of fused-ring (bicyclic) bond motifs is 1. The van der Waals surface area contributed by atoms with Gasteiger partial charge in [0, 0.05) is 10.4 Å². The zero-order valence-corrected chi connectivity index (χ0v) is 12.5. The SMILES string of the molecule is CCC1NC(CC)(CC)c2ccccc2S1.Cl. The van der Waals surface area contributed by atoms with Crippen molar-refractivity contribution >= 4 is 24.2 Å². The fourth-order valence-electron chi connectivity index (χ4n) is 2.55. The highest BCUT2D eigenvalue weighted by Gasteiger charge is 2.36. The first kappa shape index (κ1) is 14.9. The largest absolute Gasteiger partial charge is 0.295 e. The van der Waals surface area contributed by atoms with E-state index in [4.69, 9.17) is 0 Å². The van der Waals surface area contributed by atoms with Crippen LogP contribution >= 0.6 is 24.2 Å². The molecule has 1 unspecified atom stereocenters. The van der Waals surface area contributed by atoms with E-state index in [1.165, 1.54) is 16.9 Å². The zero-order valence-electron chi connectivity index (χ0n) is 10.8. The van der Waals surface area contributed by atoms with Crippen molar-refractivity contribution < 1.29 is 0 Å². The van der Waals surface area contributed by atoms with Gasteiger partial charge in [-0.3, -0.25) is 5.32 Å². The van der Waals surface area contributed by atoms with Gasteiger partial charge in [-0.15, -0.1) is 24.2 Å². The molecule has 0 aromatic heterocycles. The van der Waals surface area contributed by atoms with Gasteiger partial charge in [0.2, 0.25) is 0 Å². The smallest absolute Gasteiger partial charge is 0.0583 e. The maximum absolute atomic E-state index is 3.84. The van der Waals surface area contributed by atoms with Gasteiger partial charge < -0.3 is 0 Å². The first-order chi connectivity index (χ1) is 7.75. The molecule has 1 aliphatic heterocycles. The second-order valence-corrected chi connectivity index (χ2v) is 5.69. The molecule has 0 fully saturated rings. The fraction of sp³-hybridized carbons (Fsp3) is 0.571. The average molecular weight is 272 g/mol. The van der Waals surface area contributed by atoms with Crippen LogP contribution in [0.2, 0.25) is 0 Å². The van der Waals surface area contributed by atoms with E-state index in [0.29, 0.717) is 5.37 Å². The van der Waals surface area contributed by atoms with E-state index in [-0.39, 0.29) is 17.9 Å². The Morgan fingerprint density at radius 1 is 1.18 bits per heavy atom. The molecule has 1 atom stereocenters. The average Bonchev–Trinajstić information content (AvgIpc) is 2.37. The van der Waals surface area contributed by atoms with Crippen LogP contribution in [0, 0.1) is 0 Å². The summed E-state index contributed by atoms with van der Waals surface area (Å²) in [5, 5.41) is 4.40. The monoisotopic (exact) mass is 271 g/mol. The summed E-state index contributed by atoms with van der Waals surface area (Å²) in [7, 11) is 0. The molecule has 0 saturated heterocycles. The lowest BCUT2D eigenvalue weighted by Crippen LogP contribution is -2.48. The van der Waals surface area contributed by atoms with E-state index in [9.17, 15) is 0 Å². The number of thioether (sulfide) groups is 1. The number of hydrogen-bond acceptors (Lipinski definition) is 2. The molecule has 0 aliphatic carbocycles. The van der Waals surface area contributed by atoms with Crippen molar-refractivity contribution in [1.29, 1.82) is 0 Å². The van der Waals surface area contributed by atoms with E-state index in [2.05, 4.69) is 50.4 Å². The van der Waals surface area contributed by atoms with Crippen molar-refractivity contribution in [2.75, 3.05) is 0 Å². The van der Waals surface area contributed by atoms with Gasteiger partial charge in [0.1, 0.15) is 0 Å². The topological polar surface area (TPSA) is 12.0 Å². The third kappa shape index (κ3) is 2.64. The lowest BCUT2D eigenvalue weighted by atomic mass is 9.84. The van der Waals surface area contributed by atoms with Crippen LogP contribution in [-0.4, -0.2) is 5.37 Å². The number of nitrogens with one attached hydrogen (secondary N) is 1. The van der Waals surface area contributed by atoms with E-state index in [1.54, 1.807) is 0 Å². The Labute approximate surface area is 115 Å². The molecule has 17 heavy (non-hydrogen) atoms. The summed E-state index contributed by atoms with van der Waals surface area (Å²) in [6, 6.07) is 8.87.